The van der Waals surface area contributed by atoms with Crippen LogP contribution in [0, 0.1) is 12.8 Å². The summed E-state index contributed by atoms with van der Waals surface area (Å²) in [6, 6.07) is -0.0477. The number of piperidine rings is 1. The van der Waals surface area contributed by atoms with E-state index in [2.05, 4.69) is 5.32 Å². The highest BCUT2D eigenvalue weighted by molar-refractivity contribution is 7.16. The van der Waals surface area contributed by atoms with Gasteiger partial charge in [-0.1, -0.05) is 6.92 Å². The third kappa shape index (κ3) is 4.12. The topological polar surface area (TPSA) is 90.0 Å². The van der Waals surface area contributed by atoms with E-state index in [1.807, 2.05) is 13.8 Å². The second-order valence-corrected chi connectivity index (χ2v) is 7.65. The monoisotopic (exact) mass is 367 g/mol. The quantitative estimate of drug-likeness (QED) is 0.856. The number of hydrogen-bond acceptors (Lipinski definition) is 4. The highest BCUT2D eigenvalue weighted by atomic mass is 32.1. The van der Waals surface area contributed by atoms with Gasteiger partial charge in [-0.15, -0.1) is 11.3 Å². The fourth-order valence-corrected chi connectivity index (χ4v) is 4.29. The lowest BCUT2D eigenvalue weighted by Crippen LogP contribution is -2.45. The lowest BCUT2D eigenvalue weighted by Gasteiger charge is -2.33. The summed E-state index contributed by atoms with van der Waals surface area (Å²) in [7, 11) is 3.41. The predicted molar refractivity (Wildman–Crippen MR) is 97.4 cm³/mol. The molecule has 2 heterocycles. The molecule has 1 aromatic heterocycles. The van der Waals surface area contributed by atoms with Crippen LogP contribution in [-0.4, -0.2) is 60.0 Å². The van der Waals surface area contributed by atoms with Gasteiger partial charge in [0.1, 0.15) is 5.00 Å². The Morgan fingerprint density at radius 2 is 1.88 bits per heavy atom. The standard InChI is InChI=1S/C17H25N3O4S/c1-5-12-10(2)25-15(13(12)16(22)23)18-14(21)11-6-8-20(9-7-11)17(24)19(3)4/h11H,5-9H2,1-4H3,(H,18,21)(H,22,23). The number of rotatable bonds is 4. The Morgan fingerprint density at radius 1 is 1.28 bits per heavy atom. The van der Waals surface area contributed by atoms with Gasteiger partial charge in [-0.2, -0.15) is 0 Å². The maximum Gasteiger partial charge on any atom is 0.339 e. The first-order chi connectivity index (χ1) is 11.8. The smallest absolute Gasteiger partial charge is 0.339 e. The van der Waals surface area contributed by atoms with Crippen molar-refractivity contribution in [3.05, 3.63) is 16.0 Å². The third-order valence-corrected chi connectivity index (χ3v) is 5.59. The van der Waals surface area contributed by atoms with Gasteiger partial charge in [-0.3, -0.25) is 4.79 Å². The third-order valence-electron chi connectivity index (χ3n) is 4.53. The van der Waals surface area contributed by atoms with Crippen molar-refractivity contribution < 1.29 is 19.5 Å². The van der Waals surface area contributed by atoms with Gasteiger partial charge in [0, 0.05) is 38.0 Å². The van der Waals surface area contributed by atoms with Gasteiger partial charge in [0.2, 0.25) is 5.91 Å². The molecule has 7 nitrogen and oxygen atoms in total. The van der Waals surface area contributed by atoms with E-state index in [-0.39, 0.29) is 23.4 Å². The van der Waals surface area contributed by atoms with Crippen LogP contribution in [-0.2, 0) is 11.2 Å². The van der Waals surface area contributed by atoms with E-state index in [0.717, 1.165) is 10.4 Å². The van der Waals surface area contributed by atoms with Crippen LogP contribution in [0.2, 0.25) is 0 Å². The molecular weight excluding hydrogens is 342 g/mol. The molecule has 0 aliphatic carbocycles. The summed E-state index contributed by atoms with van der Waals surface area (Å²) in [5.41, 5.74) is 0.984. The van der Waals surface area contributed by atoms with Crippen molar-refractivity contribution in [1.29, 1.82) is 0 Å². The molecule has 1 aliphatic rings. The van der Waals surface area contributed by atoms with Crippen LogP contribution in [0.3, 0.4) is 0 Å². The number of anilines is 1. The van der Waals surface area contributed by atoms with E-state index in [4.69, 9.17) is 0 Å². The minimum Gasteiger partial charge on any atom is -0.478 e. The molecule has 1 aliphatic heterocycles. The average Bonchev–Trinajstić information content (AvgIpc) is 2.89. The van der Waals surface area contributed by atoms with Gasteiger partial charge in [0.25, 0.3) is 0 Å². The largest absolute Gasteiger partial charge is 0.478 e. The molecular formula is C17H25N3O4S. The molecule has 0 saturated carbocycles. The lowest BCUT2D eigenvalue weighted by atomic mass is 9.96. The summed E-state index contributed by atoms with van der Waals surface area (Å²) >= 11 is 1.31. The minimum absolute atomic E-state index is 0.0477. The second-order valence-electron chi connectivity index (χ2n) is 6.43. The number of nitrogens with one attached hydrogen (secondary N) is 1. The molecule has 2 rings (SSSR count). The van der Waals surface area contributed by atoms with Crippen LogP contribution in [0.4, 0.5) is 9.80 Å². The molecule has 2 N–H and O–H groups in total. The zero-order valence-corrected chi connectivity index (χ0v) is 15.9. The fraction of sp³-hybridized carbons (Fsp3) is 0.588. The summed E-state index contributed by atoms with van der Waals surface area (Å²) < 4.78 is 0. The van der Waals surface area contributed by atoms with Gasteiger partial charge in [0.15, 0.2) is 0 Å². The van der Waals surface area contributed by atoms with Crippen molar-refractivity contribution in [2.75, 3.05) is 32.5 Å². The number of nitrogens with zero attached hydrogens (tertiary/aromatic N) is 2. The first-order valence-corrected chi connectivity index (χ1v) is 9.20. The molecule has 8 heteroatoms. The van der Waals surface area contributed by atoms with Crippen LogP contribution in [0.5, 0.6) is 0 Å². The molecule has 1 saturated heterocycles. The first kappa shape index (κ1) is 19.2. The molecule has 3 amide bonds. The molecule has 1 aromatic rings. The van der Waals surface area contributed by atoms with E-state index in [9.17, 15) is 19.5 Å². The zero-order valence-electron chi connectivity index (χ0n) is 15.1. The van der Waals surface area contributed by atoms with Crippen LogP contribution in [0.15, 0.2) is 0 Å². The summed E-state index contributed by atoms with van der Waals surface area (Å²) in [4.78, 5) is 40.2. The normalized spacial score (nSPS) is 15.1. The maximum absolute atomic E-state index is 12.6. The zero-order chi connectivity index (χ0) is 18.7. The van der Waals surface area contributed by atoms with Crippen molar-refractivity contribution in [3.8, 4) is 0 Å². The van der Waals surface area contributed by atoms with E-state index >= 15 is 0 Å². The Labute approximate surface area is 151 Å². The van der Waals surface area contributed by atoms with Crippen LogP contribution >= 0.6 is 11.3 Å². The van der Waals surface area contributed by atoms with Gasteiger partial charge < -0.3 is 20.2 Å². The van der Waals surface area contributed by atoms with Gasteiger partial charge in [-0.05, 0) is 31.7 Å². The van der Waals surface area contributed by atoms with Gasteiger partial charge in [-0.25, -0.2) is 9.59 Å². The van der Waals surface area contributed by atoms with Crippen LogP contribution in [0.1, 0.15) is 40.6 Å². The Balaban J connectivity index is 2.05. The number of carboxylic acids is 1. The van der Waals surface area contributed by atoms with Crippen molar-refractivity contribution in [2.45, 2.75) is 33.1 Å². The SMILES string of the molecule is CCc1c(C)sc(NC(=O)C2CCN(C(=O)N(C)C)CC2)c1C(=O)O. The highest BCUT2D eigenvalue weighted by Crippen LogP contribution is 2.34. The Bertz CT molecular complexity index is 676. The number of hydrogen-bond donors (Lipinski definition) is 2. The number of amides is 3. The van der Waals surface area contributed by atoms with E-state index in [0.29, 0.717) is 37.4 Å². The Hall–Kier alpha value is -2.09. The Kier molecular flexibility index (Phi) is 6.05. The number of carboxylic acid groups (broad SMARTS) is 1. The summed E-state index contributed by atoms with van der Waals surface area (Å²) in [6.07, 6.45) is 1.78. The van der Waals surface area contributed by atoms with Crippen molar-refractivity contribution in [3.63, 3.8) is 0 Å². The molecule has 0 aromatic carbocycles. The first-order valence-electron chi connectivity index (χ1n) is 8.38. The highest BCUT2D eigenvalue weighted by Gasteiger charge is 2.29. The van der Waals surface area contributed by atoms with Crippen molar-refractivity contribution >= 4 is 34.2 Å². The molecule has 0 spiro atoms. The van der Waals surface area contributed by atoms with Gasteiger partial charge in [0.05, 0.1) is 5.56 Å². The molecule has 0 atom stereocenters. The predicted octanol–water partition coefficient (Wildman–Crippen LogP) is 2.65. The number of carbonyl (C=O) groups is 3. The molecule has 1 fully saturated rings. The molecule has 138 valence electrons. The molecule has 0 unspecified atom stereocenters. The van der Waals surface area contributed by atoms with Gasteiger partial charge >= 0.3 is 12.0 Å². The van der Waals surface area contributed by atoms with E-state index in [1.54, 1.807) is 19.0 Å². The summed E-state index contributed by atoms with van der Waals surface area (Å²) in [5, 5.41) is 12.7. The van der Waals surface area contributed by atoms with E-state index in [1.165, 1.54) is 16.2 Å². The molecule has 0 radical (unpaired) electrons. The minimum atomic E-state index is -1.01. The Morgan fingerprint density at radius 3 is 2.36 bits per heavy atom. The molecule has 25 heavy (non-hydrogen) atoms. The number of carbonyl (C=O) groups excluding carboxylic acids is 2. The number of thiophene rings is 1. The summed E-state index contributed by atoms with van der Waals surface area (Å²) in [5.74, 6) is -1.38. The average molecular weight is 367 g/mol. The van der Waals surface area contributed by atoms with Crippen LogP contribution < -0.4 is 5.32 Å². The second kappa shape index (κ2) is 7.86. The number of likely N-dealkylation sites (tertiary alicyclic amines) is 1. The molecule has 0 bridgehead atoms. The van der Waals surface area contributed by atoms with Crippen molar-refractivity contribution in [2.24, 2.45) is 5.92 Å². The van der Waals surface area contributed by atoms with Crippen molar-refractivity contribution in [1.82, 2.24) is 9.80 Å². The fourth-order valence-electron chi connectivity index (χ4n) is 3.15. The van der Waals surface area contributed by atoms with Crippen LogP contribution in [0.25, 0.3) is 0 Å². The number of aromatic carboxylic acids is 1. The van der Waals surface area contributed by atoms with E-state index < -0.39 is 5.97 Å². The number of urea groups is 1. The lowest BCUT2D eigenvalue weighted by molar-refractivity contribution is -0.121. The summed E-state index contributed by atoms with van der Waals surface area (Å²) in [6.45, 7) is 4.84. The maximum atomic E-state index is 12.6. The number of aryl methyl sites for hydroxylation is 1.